The number of rotatable bonds is 6. The van der Waals surface area contributed by atoms with Crippen molar-refractivity contribution < 1.29 is 4.42 Å². The van der Waals surface area contributed by atoms with Crippen molar-refractivity contribution in [3.8, 4) is 28.3 Å². The highest BCUT2D eigenvalue weighted by Crippen LogP contribution is 2.45. The predicted molar refractivity (Wildman–Crippen MR) is 229 cm³/mol. The van der Waals surface area contributed by atoms with E-state index in [4.69, 9.17) is 9.40 Å². The SMILES string of the molecule is c1ccc(-c2nc3ccc4ccc5ccc(N(c6ccc7c(c6)c6ccccc6n7-c6ccccc6)c6ccccc6-c6ccccc6)cc5c4c3o2)cc1. The Hall–Kier alpha value is -7.43. The van der Waals surface area contributed by atoms with E-state index in [-0.39, 0.29) is 0 Å². The van der Waals surface area contributed by atoms with Crippen molar-refractivity contribution in [2.24, 2.45) is 0 Å². The van der Waals surface area contributed by atoms with Crippen LogP contribution in [0.15, 0.2) is 205 Å². The number of benzene rings is 9. The summed E-state index contributed by atoms with van der Waals surface area (Å²) in [5.74, 6) is 0.623. The van der Waals surface area contributed by atoms with Crippen LogP contribution in [0.1, 0.15) is 0 Å². The van der Waals surface area contributed by atoms with E-state index in [1.54, 1.807) is 0 Å². The van der Waals surface area contributed by atoms with Gasteiger partial charge in [0.05, 0.1) is 16.7 Å². The first-order valence-electron chi connectivity index (χ1n) is 18.6. The summed E-state index contributed by atoms with van der Waals surface area (Å²) in [4.78, 5) is 7.34. The summed E-state index contributed by atoms with van der Waals surface area (Å²) in [5.41, 5.74) is 11.6. The maximum absolute atomic E-state index is 6.62. The van der Waals surface area contributed by atoms with Gasteiger partial charge in [0.2, 0.25) is 5.89 Å². The fourth-order valence-electron chi connectivity index (χ4n) is 8.27. The number of anilines is 3. The summed E-state index contributed by atoms with van der Waals surface area (Å²) in [6.45, 7) is 0. The van der Waals surface area contributed by atoms with E-state index in [1.165, 1.54) is 21.8 Å². The van der Waals surface area contributed by atoms with Crippen LogP contribution in [0.2, 0.25) is 0 Å². The van der Waals surface area contributed by atoms with Gasteiger partial charge in [-0.2, -0.15) is 0 Å². The normalized spacial score (nSPS) is 11.6. The molecule has 0 aliphatic carbocycles. The van der Waals surface area contributed by atoms with Crippen LogP contribution in [0.5, 0.6) is 0 Å². The van der Waals surface area contributed by atoms with Gasteiger partial charge in [0.25, 0.3) is 0 Å². The number of oxazole rings is 1. The van der Waals surface area contributed by atoms with Gasteiger partial charge >= 0.3 is 0 Å². The Morgan fingerprint density at radius 2 is 1.05 bits per heavy atom. The van der Waals surface area contributed by atoms with Gasteiger partial charge in [-0.3, -0.25) is 0 Å². The molecular weight excluding hydrogens is 671 g/mol. The van der Waals surface area contributed by atoms with E-state index in [1.807, 2.05) is 30.3 Å². The largest absolute Gasteiger partial charge is 0.435 e. The quantitative estimate of drug-likeness (QED) is 0.162. The molecule has 0 atom stereocenters. The summed E-state index contributed by atoms with van der Waals surface area (Å²) in [6.07, 6.45) is 0. The summed E-state index contributed by atoms with van der Waals surface area (Å²) in [7, 11) is 0. The van der Waals surface area contributed by atoms with Gasteiger partial charge in [-0.15, -0.1) is 0 Å². The predicted octanol–water partition coefficient (Wildman–Crippen LogP) is 14.0. The second-order valence-corrected chi connectivity index (χ2v) is 14.0. The molecule has 0 aliphatic rings. The molecule has 9 aromatic carbocycles. The van der Waals surface area contributed by atoms with Crippen LogP contribution in [0.3, 0.4) is 0 Å². The molecule has 258 valence electrons. The molecule has 0 saturated heterocycles. The van der Waals surface area contributed by atoms with E-state index >= 15 is 0 Å². The smallest absolute Gasteiger partial charge is 0.227 e. The highest BCUT2D eigenvalue weighted by molar-refractivity contribution is 6.19. The summed E-state index contributed by atoms with van der Waals surface area (Å²) < 4.78 is 8.99. The molecule has 2 aromatic heterocycles. The van der Waals surface area contributed by atoms with E-state index in [2.05, 4.69) is 179 Å². The molecule has 4 heteroatoms. The second kappa shape index (κ2) is 12.6. The lowest BCUT2D eigenvalue weighted by Gasteiger charge is -2.28. The highest BCUT2D eigenvalue weighted by atomic mass is 16.3. The number of aromatic nitrogens is 2. The average Bonchev–Trinajstić information content (AvgIpc) is 3.84. The van der Waals surface area contributed by atoms with Crippen LogP contribution in [0.25, 0.3) is 82.7 Å². The van der Waals surface area contributed by atoms with Crippen molar-refractivity contribution in [3.63, 3.8) is 0 Å². The fourth-order valence-corrected chi connectivity index (χ4v) is 8.27. The molecule has 0 amide bonds. The zero-order valence-electron chi connectivity index (χ0n) is 29.8. The topological polar surface area (TPSA) is 34.2 Å². The molecule has 0 unspecified atom stereocenters. The number of hydrogen-bond acceptors (Lipinski definition) is 3. The van der Waals surface area contributed by atoms with Gasteiger partial charge in [0.1, 0.15) is 5.52 Å². The van der Waals surface area contributed by atoms with Crippen molar-refractivity contribution in [1.82, 2.24) is 9.55 Å². The van der Waals surface area contributed by atoms with Crippen molar-refractivity contribution in [2.45, 2.75) is 0 Å². The van der Waals surface area contributed by atoms with Crippen molar-refractivity contribution in [3.05, 3.63) is 200 Å². The molecule has 0 bridgehead atoms. The molecule has 0 saturated carbocycles. The number of hydrogen-bond donors (Lipinski definition) is 0. The average molecular weight is 704 g/mol. The summed E-state index contributed by atoms with van der Waals surface area (Å²) in [5, 5.41) is 6.83. The lowest BCUT2D eigenvalue weighted by Crippen LogP contribution is -2.11. The Balaban J connectivity index is 1.18. The maximum atomic E-state index is 6.62. The highest BCUT2D eigenvalue weighted by Gasteiger charge is 2.21. The maximum Gasteiger partial charge on any atom is 0.227 e. The van der Waals surface area contributed by atoms with Crippen LogP contribution < -0.4 is 4.90 Å². The van der Waals surface area contributed by atoms with Gasteiger partial charge in [-0.05, 0) is 94.5 Å². The minimum atomic E-state index is 0.623. The van der Waals surface area contributed by atoms with Gasteiger partial charge in [0, 0.05) is 44.3 Å². The van der Waals surface area contributed by atoms with Gasteiger partial charge in [0.15, 0.2) is 5.58 Å². The molecule has 0 fully saturated rings. The minimum Gasteiger partial charge on any atom is -0.435 e. The minimum absolute atomic E-state index is 0.623. The van der Waals surface area contributed by atoms with E-state index in [0.29, 0.717) is 5.89 Å². The van der Waals surface area contributed by atoms with Crippen LogP contribution in [0, 0.1) is 0 Å². The van der Waals surface area contributed by atoms with Crippen molar-refractivity contribution in [2.75, 3.05) is 4.90 Å². The molecule has 11 rings (SSSR count). The molecule has 0 radical (unpaired) electrons. The number of para-hydroxylation sites is 3. The summed E-state index contributed by atoms with van der Waals surface area (Å²) >= 11 is 0. The van der Waals surface area contributed by atoms with E-state index < -0.39 is 0 Å². The molecule has 4 nitrogen and oxygen atoms in total. The molecule has 2 heterocycles. The van der Waals surface area contributed by atoms with Gasteiger partial charge in [-0.1, -0.05) is 127 Å². The first kappa shape index (κ1) is 31.1. The summed E-state index contributed by atoms with van der Waals surface area (Å²) in [6, 6.07) is 71.1. The van der Waals surface area contributed by atoms with Gasteiger partial charge < -0.3 is 13.9 Å². The van der Waals surface area contributed by atoms with Gasteiger partial charge in [-0.25, -0.2) is 4.98 Å². The number of fused-ring (bicyclic) bond motifs is 8. The third kappa shape index (κ3) is 5.11. The lowest BCUT2D eigenvalue weighted by atomic mass is 9.98. The molecule has 0 N–H and O–H groups in total. The molecule has 0 aliphatic heterocycles. The first-order chi connectivity index (χ1) is 27.3. The number of nitrogens with zero attached hydrogens (tertiary/aromatic N) is 3. The third-order valence-corrected chi connectivity index (χ3v) is 10.8. The van der Waals surface area contributed by atoms with Crippen molar-refractivity contribution >= 4 is 71.5 Å². The van der Waals surface area contributed by atoms with E-state index in [9.17, 15) is 0 Å². The lowest BCUT2D eigenvalue weighted by molar-refractivity contribution is 0.623. The van der Waals surface area contributed by atoms with Crippen LogP contribution >= 0.6 is 0 Å². The Morgan fingerprint density at radius 1 is 0.455 bits per heavy atom. The first-order valence-corrected chi connectivity index (χ1v) is 18.6. The monoisotopic (exact) mass is 703 g/mol. The van der Waals surface area contributed by atoms with Crippen LogP contribution in [-0.2, 0) is 0 Å². The Labute approximate surface area is 317 Å². The molecule has 55 heavy (non-hydrogen) atoms. The van der Waals surface area contributed by atoms with Crippen LogP contribution in [-0.4, -0.2) is 9.55 Å². The van der Waals surface area contributed by atoms with E-state index in [0.717, 1.165) is 72.1 Å². The zero-order chi connectivity index (χ0) is 36.3. The Kier molecular flexibility index (Phi) is 7.14. The van der Waals surface area contributed by atoms with Crippen molar-refractivity contribution in [1.29, 1.82) is 0 Å². The Morgan fingerprint density at radius 3 is 1.87 bits per heavy atom. The fraction of sp³-hybridized carbons (Fsp3) is 0. The second-order valence-electron chi connectivity index (χ2n) is 14.0. The molecular formula is C51H33N3O. The molecule has 0 spiro atoms. The third-order valence-electron chi connectivity index (χ3n) is 10.8. The molecule has 11 aromatic rings. The Bertz CT molecular complexity index is 3200. The van der Waals surface area contributed by atoms with Crippen LogP contribution in [0.4, 0.5) is 17.1 Å². The standard InChI is InChI=1S/C51H33N3O/c1-4-14-34(15-5-1)41-20-10-12-22-46(41)53(40-29-31-48-44(33-40)42-21-11-13-23-47(42)54(48)38-18-8-3-9-19-38)39-28-26-35-24-25-36-27-30-45-50(49(36)43(35)32-39)55-51(52-45)37-16-6-2-7-17-37/h1-33H. The zero-order valence-corrected chi connectivity index (χ0v) is 29.8.